The summed E-state index contributed by atoms with van der Waals surface area (Å²) in [5, 5.41) is 10.7. The number of alkyl halides is 1. The number of halogens is 1. The van der Waals surface area contributed by atoms with Gasteiger partial charge in [-0.2, -0.15) is 0 Å². The zero-order valence-electron chi connectivity index (χ0n) is 6.13. The molecule has 1 amide bonds. The summed E-state index contributed by atoms with van der Waals surface area (Å²) in [5.41, 5.74) is 0. The number of aliphatic carboxylic acids is 1. The van der Waals surface area contributed by atoms with Crippen LogP contribution in [0.1, 0.15) is 13.3 Å². The summed E-state index contributed by atoms with van der Waals surface area (Å²) in [4.78, 5) is 20.9. The first-order valence-electron chi connectivity index (χ1n) is 3.20. The molecule has 0 aromatic heterocycles. The minimum atomic E-state index is -1.04. The smallest absolute Gasteiger partial charge is 0.326 e. The van der Waals surface area contributed by atoms with Gasteiger partial charge >= 0.3 is 5.97 Å². The summed E-state index contributed by atoms with van der Waals surface area (Å²) in [6.45, 7) is 1.67. The van der Waals surface area contributed by atoms with Crippen molar-refractivity contribution < 1.29 is 14.7 Å². The maximum Gasteiger partial charge on any atom is 0.326 e. The van der Waals surface area contributed by atoms with E-state index in [2.05, 4.69) is 5.32 Å². The Morgan fingerprint density at radius 3 is 2.45 bits per heavy atom. The van der Waals surface area contributed by atoms with Crippen molar-refractivity contribution in [1.82, 2.24) is 5.32 Å². The predicted molar refractivity (Wildman–Crippen MR) is 40.6 cm³/mol. The predicted octanol–water partition coefficient (Wildman–Crippen LogP) is 0.205. The summed E-state index contributed by atoms with van der Waals surface area (Å²) >= 11 is 5.15. The van der Waals surface area contributed by atoms with Crippen molar-refractivity contribution in [2.24, 2.45) is 0 Å². The van der Waals surface area contributed by atoms with Crippen molar-refractivity contribution in [3.63, 3.8) is 0 Å². The molecule has 0 unspecified atom stereocenters. The molecule has 0 bridgehead atoms. The Balaban J connectivity index is 3.88. The summed E-state index contributed by atoms with van der Waals surface area (Å²) in [7, 11) is 0. The number of hydrogen-bond acceptors (Lipinski definition) is 2. The lowest BCUT2D eigenvalue weighted by molar-refractivity contribution is -0.141. The van der Waals surface area contributed by atoms with E-state index in [1.807, 2.05) is 0 Å². The molecule has 4 nitrogen and oxygen atoms in total. The second kappa shape index (κ2) is 4.96. The molecule has 0 rings (SSSR count). The number of carbonyl (C=O) groups excluding carboxylic acids is 1. The van der Waals surface area contributed by atoms with Gasteiger partial charge < -0.3 is 10.4 Å². The van der Waals surface area contributed by atoms with Crippen LogP contribution in [0.2, 0.25) is 0 Å². The molecule has 0 spiro atoms. The lowest BCUT2D eigenvalue weighted by atomic mass is 10.2. The van der Waals surface area contributed by atoms with Gasteiger partial charge in [0.2, 0.25) is 5.91 Å². The van der Waals surface area contributed by atoms with E-state index in [1.165, 1.54) is 0 Å². The van der Waals surface area contributed by atoms with Crippen LogP contribution in [0.15, 0.2) is 0 Å². The highest BCUT2D eigenvalue weighted by molar-refractivity contribution is 6.27. The van der Waals surface area contributed by atoms with E-state index in [4.69, 9.17) is 16.7 Å². The molecule has 0 fully saturated rings. The largest absolute Gasteiger partial charge is 0.480 e. The quantitative estimate of drug-likeness (QED) is 0.606. The van der Waals surface area contributed by atoms with Crippen molar-refractivity contribution in [3.05, 3.63) is 0 Å². The van der Waals surface area contributed by atoms with Gasteiger partial charge in [0.15, 0.2) is 0 Å². The molecular weight excluding hydrogens is 170 g/mol. The molecule has 5 heteroatoms. The second-order valence-corrected chi connectivity index (χ2v) is 2.27. The topological polar surface area (TPSA) is 66.4 Å². The molecule has 0 aliphatic carbocycles. The fourth-order valence-corrected chi connectivity index (χ4v) is 0.648. The lowest BCUT2D eigenvalue weighted by Gasteiger charge is -2.09. The number of rotatable bonds is 4. The molecule has 0 aromatic rings. The maximum atomic E-state index is 10.6. The average molecular weight is 180 g/mol. The van der Waals surface area contributed by atoms with Gasteiger partial charge in [-0.15, -0.1) is 11.6 Å². The van der Waals surface area contributed by atoms with Crippen molar-refractivity contribution in [2.45, 2.75) is 19.4 Å². The second-order valence-electron chi connectivity index (χ2n) is 2.00. The van der Waals surface area contributed by atoms with Crippen molar-refractivity contribution >= 4 is 23.5 Å². The molecule has 0 saturated heterocycles. The average Bonchev–Trinajstić information content (AvgIpc) is 1.99. The van der Waals surface area contributed by atoms with Gasteiger partial charge in [0, 0.05) is 0 Å². The minimum Gasteiger partial charge on any atom is -0.480 e. The maximum absolute atomic E-state index is 10.6. The van der Waals surface area contributed by atoms with Crippen molar-refractivity contribution in [2.75, 3.05) is 5.88 Å². The van der Waals surface area contributed by atoms with Crippen LogP contribution in [0.25, 0.3) is 0 Å². The molecule has 0 saturated carbocycles. The number of carboxylic acids is 1. The highest BCUT2D eigenvalue weighted by Gasteiger charge is 2.16. The molecule has 0 heterocycles. The van der Waals surface area contributed by atoms with E-state index < -0.39 is 17.9 Å². The van der Waals surface area contributed by atoms with E-state index in [1.54, 1.807) is 6.92 Å². The highest BCUT2D eigenvalue weighted by atomic mass is 35.5. The number of carbonyl (C=O) groups is 2. The molecule has 11 heavy (non-hydrogen) atoms. The lowest BCUT2D eigenvalue weighted by Crippen LogP contribution is -2.40. The molecule has 0 aliphatic rings. The van der Waals surface area contributed by atoms with Gasteiger partial charge in [0.25, 0.3) is 0 Å². The van der Waals surface area contributed by atoms with Gasteiger partial charge in [-0.05, 0) is 6.42 Å². The van der Waals surface area contributed by atoms with E-state index >= 15 is 0 Å². The first-order valence-corrected chi connectivity index (χ1v) is 3.73. The number of nitrogens with one attached hydrogen (secondary N) is 1. The Morgan fingerprint density at radius 1 is 1.64 bits per heavy atom. The van der Waals surface area contributed by atoms with Gasteiger partial charge in [0.05, 0.1) is 0 Å². The monoisotopic (exact) mass is 179 g/mol. The van der Waals surface area contributed by atoms with E-state index in [0.717, 1.165) is 0 Å². The summed E-state index contributed by atoms with van der Waals surface area (Å²) < 4.78 is 0. The Kier molecular flexibility index (Phi) is 4.61. The molecule has 2 N–H and O–H groups in total. The first kappa shape index (κ1) is 10.2. The number of hydrogen-bond donors (Lipinski definition) is 2. The molecule has 1 atom stereocenters. The molecule has 0 aliphatic heterocycles. The standard InChI is InChI=1S/C6H10ClNO3/c1-2-4(6(10)11)8-5(9)3-7/h4H,2-3H2,1H3,(H,8,9)(H,10,11)/t4-/m0/s1. The number of carboxylic acid groups (broad SMARTS) is 1. The van der Waals surface area contributed by atoms with Crippen molar-refractivity contribution in [3.8, 4) is 0 Å². The summed E-state index contributed by atoms with van der Waals surface area (Å²) in [6, 6.07) is -0.818. The third-order valence-electron chi connectivity index (χ3n) is 1.16. The van der Waals surface area contributed by atoms with E-state index in [9.17, 15) is 9.59 Å². The van der Waals surface area contributed by atoms with Gasteiger partial charge in [-0.1, -0.05) is 6.92 Å². The molecule has 64 valence electrons. The van der Waals surface area contributed by atoms with Gasteiger partial charge in [-0.25, -0.2) is 4.79 Å². The van der Waals surface area contributed by atoms with Gasteiger partial charge in [0.1, 0.15) is 11.9 Å². The molecule has 0 aromatic carbocycles. The SMILES string of the molecule is CC[C@H](NC(=O)CCl)C(=O)O. The van der Waals surface area contributed by atoms with Crippen LogP contribution in [-0.2, 0) is 9.59 Å². The zero-order valence-corrected chi connectivity index (χ0v) is 6.89. The van der Waals surface area contributed by atoms with Crippen LogP contribution < -0.4 is 5.32 Å². The Hall–Kier alpha value is -0.770. The highest BCUT2D eigenvalue weighted by Crippen LogP contribution is 1.90. The van der Waals surface area contributed by atoms with Gasteiger partial charge in [-0.3, -0.25) is 4.79 Å². The minimum absolute atomic E-state index is 0.205. The van der Waals surface area contributed by atoms with Crippen LogP contribution in [0.5, 0.6) is 0 Å². The Morgan fingerprint density at radius 2 is 2.18 bits per heavy atom. The van der Waals surface area contributed by atoms with Crippen LogP contribution in [0.3, 0.4) is 0 Å². The molecule has 0 radical (unpaired) electrons. The van der Waals surface area contributed by atoms with E-state index in [0.29, 0.717) is 6.42 Å². The van der Waals surface area contributed by atoms with Crippen molar-refractivity contribution in [1.29, 1.82) is 0 Å². The third kappa shape index (κ3) is 3.83. The Bertz CT molecular complexity index is 160. The Labute approximate surface area is 69.5 Å². The van der Waals surface area contributed by atoms with Crippen LogP contribution in [0, 0.1) is 0 Å². The number of amides is 1. The van der Waals surface area contributed by atoms with Crippen LogP contribution >= 0.6 is 11.6 Å². The van der Waals surface area contributed by atoms with E-state index in [-0.39, 0.29) is 5.88 Å². The van der Waals surface area contributed by atoms with Crippen LogP contribution in [-0.4, -0.2) is 28.9 Å². The summed E-state index contributed by atoms with van der Waals surface area (Å²) in [6.07, 6.45) is 0.359. The molecular formula is C6H10ClNO3. The summed E-state index contributed by atoms with van der Waals surface area (Å²) in [5.74, 6) is -1.70. The first-order chi connectivity index (χ1) is 5.11. The fourth-order valence-electron chi connectivity index (χ4n) is 0.571. The zero-order chi connectivity index (χ0) is 8.85. The third-order valence-corrected chi connectivity index (χ3v) is 1.41. The normalized spacial score (nSPS) is 12.2. The fraction of sp³-hybridized carbons (Fsp3) is 0.667. The van der Waals surface area contributed by atoms with Crippen LogP contribution in [0.4, 0.5) is 0 Å².